The van der Waals surface area contributed by atoms with Crippen molar-refractivity contribution >= 4 is 56.2 Å². The molecule has 0 aliphatic heterocycles. The van der Waals surface area contributed by atoms with Gasteiger partial charge >= 0.3 is 0 Å². The Kier molecular flexibility index (Phi) is 9.94. The minimum atomic E-state index is -3.50. The molecule has 236 valence electrons. The van der Waals surface area contributed by atoms with Gasteiger partial charge in [-0.15, -0.1) is 0 Å². The zero-order valence-corrected chi connectivity index (χ0v) is 26.2. The van der Waals surface area contributed by atoms with Crippen molar-refractivity contribution in [3.8, 4) is 17.0 Å². The monoisotopic (exact) mass is 656 g/mol. The summed E-state index contributed by atoms with van der Waals surface area (Å²) in [6.07, 6.45) is 1.05. The third-order valence-electron chi connectivity index (χ3n) is 6.70. The summed E-state index contributed by atoms with van der Waals surface area (Å²) in [6.45, 7) is 1.91. The van der Waals surface area contributed by atoms with Crippen LogP contribution in [0, 0.1) is 17.0 Å². The van der Waals surface area contributed by atoms with Gasteiger partial charge in [0, 0.05) is 37.3 Å². The van der Waals surface area contributed by atoms with Gasteiger partial charge in [0.2, 0.25) is 10.0 Å². The second-order valence-electron chi connectivity index (χ2n) is 9.68. The van der Waals surface area contributed by atoms with E-state index in [4.69, 9.17) is 20.9 Å². The van der Waals surface area contributed by atoms with Crippen molar-refractivity contribution in [2.24, 2.45) is 0 Å². The highest BCUT2D eigenvalue weighted by Gasteiger charge is 2.24. The van der Waals surface area contributed by atoms with E-state index in [0.717, 1.165) is 16.6 Å². The number of nitrogens with one attached hydrogen (secondary N) is 3. The quantitative estimate of drug-likeness (QED) is 0.109. The molecule has 2 amide bonds. The van der Waals surface area contributed by atoms with Crippen LogP contribution >= 0.6 is 11.6 Å². The van der Waals surface area contributed by atoms with E-state index < -0.39 is 32.4 Å². The number of aryl methyl sites for hydroxylation is 1. The molecule has 1 heterocycles. The molecular weight excluding hydrogens is 628 g/mol. The van der Waals surface area contributed by atoms with E-state index in [0.29, 0.717) is 28.5 Å². The van der Waals surface area contributed by atoms with Gasteiger partial charge in [-0.1, -0.05) is 28.9 Å². The number of carbonyl (C=O) groups is 2. The number of ether oxygens (including phenoxy) is 1. The van der Waals surface area contributed by atoms with Crippen LogP contribution in [-0.4, -0.2) is 63.8 Å². The maximum Gasteiger partial charge on any atom is 0.294 e. The summed E-state index contributed by atoms with van der Waals surface area (Å²) in [5, 5.41) is 24.1. The van der Waals surface area contributed by atoms with Crippen molar-refractivity contribution in [3.05, 3.63) is 92.7 Å². The Bertz CT molecular complexity index is 1860. The lowest BCUT2D eigenvalue weighted by Gasteiger charge is -2.16. The highest BCUT2D eigenvalue weighted by Crippen LogP contribution is 2.35. The molecule has 0 saturated heterocycles. The summed E-state index contributed by atoms with van der Waals surface area (Å²) in [7, 11) is -0.620. The molecule has 1 aromatic heterocycles. The van der Waals surface area contributed by atoms with Crippen LogP contribution in [0.2, 0.25) is 5.02 Å². The number of anilines is 3. The Balaban J connectivity index is 1.45. The molecular formula is C29H29ClN6O8S. The maximum atomic E-state index is 13.1. The zero-order valence-electron chi connectivity index (χ0n) is 24.6. The van der Waals surface area contributed by atoms with Crippen molar-refractivity contribution in [3.63, 3.8) is 0 Å². The molecule has 0 spiro atoms. The van der Waals surface area contributed by atoms with Crippen LogP contribution < -0.4 is 25.0 Å². The van der Waals surface area contributed by atoms with Crippen LogP contribution in [0.4, 0.5) is 22.7 Å². The lowest BCUT2D eigenvalue weighted by molar-refractivity contribution is -0.383. The Morgan fingerprint density at radius 1 is 1.07 bits per heavy atom. The molecule has 4 rings (SSSR count). The van der Waals surface area contributed by atoms with Crippen molar-refractivity contribution in [2.45, 2.75) is 6.92 Å². The number of aromatic nitrogens is 1. The summed E-state index contributed by atoms with van der Waals surface area (Å²) >= 11 is 6.29. The van der Waals surface area contributed by atoms with E-state index in [9.17, 15) is 28.1 Å². The summed E-state index contributed by atoms with van der Waals surface area (Å²) < 4.78 is 35.3. The van der Waals surface area contributed by atoms with Crippen LogP contribution in [0.25, 0.3) is 11.3 Å². The van der Waals surface area contributed by atoms with Gasteiger partial charge < -0.3 is 25.2 Å². The number of amides is 2. The number of benzene rings is 3. The van der Waals surface area contributed by atoms with E-state index in [1.807, 2.05) is 0 Å². The number of methoxy groups -OCH3 is 1. The smallest absolute Gasteiger partial charge is 0.294 e. The number of hydrogen-bond donors (Lipinski definition) is 3. The Morgan fingerprint density at radius 3 is 2.40 bits per heavy atom. The number of nitrogens with zero attached hydrogens (tertiary/aromatic N) is 3. The maximum absolute atomic E-state index is 13.1. The van der Waals surface area contributed by atoms with Gasteiger partial charge in [-0.2, -0.15) is 0 Å². The number of hydrogen-bond acceptors (Lipinski definition) is 10. The number of carbonyl (C=O) groups excluding carboxylic acids is 2. The zero-order chi connectivity index (χ0) is 32.9. The SMILES string of the molecule is COc1ccccc1-c1noc(C)c1C(=O)NCCNc1cc(NC(=O)c2ccc(N(C)S(C)(=O)=O)cc2)c([N+](=O)[O-])cc1Cl. The molecule has 14 nitrogen and oxygen atoms in total. The van der Waals surface area contributed by atoms with Crippen molar-refractivity contribution in [1.29, 1.82) is 0 Å². The first-order valence-electron chi connectivity index (χ1n) is 13.3. The fourth-order valence-electron chi connectivity index (χ4n) is 4.28. The summed E-state index contributed by atoms with van der Waals surface area (Å²) in [5.41, 5.74) is 1.34. The average molecular weight is 657 g/mol. The first kappa shape index (κ1) is 32.8. The van der Waals surface area contributed by atoms with Crippen molar-refractivity contribution < 1.29 is 32.2 Å². The normalized spacial score (nSPS) is 11.0. The molecule has 3 N–H and O–H groups in total. The van der Waals surface area contributed by atoms with E-state index in [-0.39, 0.29) is 40.6 Å². The second-order valence-corrected chi connectivity index (χ2v) is 12.1. The van der Waals surface area contributed by atoms with E-state index in [1.54, 1.807) is 31.2 Å². The highest BCUT2D eigenvalue weighted by molar-refractivity contribution is 7.92. The highest BCUT2D eigenvalue weighted by atomic mass is 35.5. The molecule has 3 aromatic carbocycles. The number of halogens is 1. The third-order valence-corrected chi connectivity index (χ3v) is 8.22. The Labute approximate surface area is 263 Å². The topological polar surface area (TPSA) is 186 Å². The van der Waals surface area contributed by atoms with Gasteiger partial charge in [0.15, 0.2) is 0 Å². The molecule has 0 saturated carbocycles. The van der Waals surface area contributed by atoms with E-state index >= 15 is 0 Å². The number of rotatable bonds is 12. The number of nitro groups is 1. The Hall–Kier alpha value is -5.15. The van der Waals surface area contributed by atoms with Crippen LogP contribution in [0.1, 0.15) is 26.5 Å². The molecule has 4 aromatic rings. The third kappa shape index (κ3) is 7.50. The van der Waals surface area contributed by atoms with Gasteiger partial charge in [0.1, 0.15) is 28.5 Å². The molecule has 45 heavy (non-hydrogen) atoms. The Morgan fingerprint density at radius 2 is 1.76 bits per heavy atom. The van der Waals surface area contributed by atoms with Gasteiger partial charge in [-0.3, -0.25) is 24.0 Å². The minimum absolute atomic E-state index is 0.0209. The molecule has 0 atom stereocenters. The second kappa shape index (κ2) is 13.7. The summed E-state index contributed by atoms with van der Waals surface area (Å²) in [6, 6.07) is 15.2. The molecule has 0 fully saturated rings. The fraction of sp³-hybridized carbons (Fsp3) is 0.207. The van der Waals surface area contributed by atoms with Crippen LogP contribution in [-0.2, 0) is 10.0 Å². The number of para-hydroxylation sites is 1. The molecule has 0 radical (unpaired) electrons. The van der Waals surface area contributed by atoms with Gasteiger partial charge in [0.25, 0.3) is 17.5 Å². The predicted octanol–water partition coefficient (Wildman–Crippen LogP) is 4.71. The van der Waals surface area contributed by atoms with Crippen LogP contribution in [0.3, 0.4) is 0 Å². The molecule has 16 heteroatoms. The first-order valence-corrected chi connectivity index (χ1v) is 15.5. The fourth-order valence-corrected chi connectivity index (χ4v) is 5.01. The predicted molar refractivity (Wildman–Crippen MR) is 170 cm³/mol. The number of nitro benzene ring substituents is 1. The first-order chi connectivity index (χ1) is 21.3. The van der Waals surface area contributed by atoms with Crippen molar-refractivity contribution in [2.75, 3.05) is 48.4 Å². The molecule has 0 unspecified atom stereocenters. The van der Waals surface area contributed by atoms with Crippen molar-refractivity contribution in [1.82, 2.24) is 10.5 Å². The number of sulfonamides is 1. The van der Waals surface area contributed by atoms with Gasteiger partial charge in [-0.05, 0) is 49.4 Å². The summed E-state index contributed by atoms with van der Waals surface area (Å²) in [4.78, 5) is 37.0. The molecule has 0 aliphatic carbocycles. The van der Waals surface area contributed by atoms with Gasteiger partial charge in [0.05, 0.1) is 34.7 Å². The minimum Gasteiger partial charge on any atom is -0.496 e. The standard InChI is InChI=1S/C29H29ClN6O8S/c1-17-26(27(34-44-17)20-7-5-6-8-25(20)43-3)29(38)32-14-13-31-22-16-23(24(36(39)40)15-21(22)30)33-28(37)18-9-11-19(12-10-18)35(2)45(4,41)42/h5-12,15-16,31H,13-14H2,1-4H3,(H,32,38)(H,33,37). The largest absolute Gasteiger partial charge is 0.496 e. The van der Waals surface area contributed by atoms with E-state index in [2.05, 4.69) is 21.1 Å². The van der Waals surface area contributed by atoms with Crippen LogP contribution in [0.15, 0.2) is 65.2 Å². The lowest BCUT2D eigenvalue weighted by atomic mass is 10.0. The van der Waals surface area contributed by atoms with E-state index in [1.165, 1.54) is 44.5 Å². The van der Waals surface area contributed by atoms with Gasteiger partial charge in [-0.25, -0.2) is 8.42 Å². The molecule has 0 bridgehead atoms. The summed E-state index contributed by atoms with van der Waals surface area (Å²) in [5.74, 6) is -0.263. The average Bonchev–Trinajstić information content (AvgIpc) is 3.40. The van der Waals surface area contributed by atoms with Crippen LogP contribution in [0.5, 0.6) is 5.75 Å². The molecule has 0 aliphatic rings. The lowest BCUT2D eigenvalue weighted by Crippen LogP contribution is -2.29.